The third-order valence-electron chi connectivity index (χ3n) is 8.18. The molecular weight excluding hydrogens is 556 g/mol. The largest absolute Gasteiger partial charge is 0.481 e. The van der Waals surface area contributed by atoms with Crippen LogP contribution in [0.15, 0.2) is 54.9 Å². The SMILES string of the molecule is COc1cc(CNc2ncccc2C(=O)Nc2ccc3c(c2)N(CC2CCN(C(=O)OC(C)(C)C)CC2)CC3(C)C)ccn1. The molecule has 10 nitrogen and oxygen atoms in total. The number of pyridine rings is 2. The molecule has 5 rings (SSSR count). The Kier molecular flexibility index (Phi) is 8.99. The Hall–Kier alpha value is -4.34. The fourth-order valence-corrected chi connectivity index (χ4v) is 5.98. The van der Waals surface area contributed by atoms with Gasteiger partial charge < -0.3 is 29.9 Å². The lowest BCUT2D eigenvalue weighted by Crippen LogP contribution is -2.44. The van der Waals surface area contributed by atoms with E-state index in [0.29, 0.717) is 42.8 Å². The standard InChI is InChI=1S/C34H44N6O4/c1-33(2,3)44-32(42)39-16-12-23(13-17-39)21-40-22-34(4,5)27-10-9-25(19-28(27)40)38-31(41)26-8-7-14-36-30(26)37-20-24-11-15-35-29(18-24)43-6/h7-11,14-15,18-19,23H,12-13,16-17,20-22H2,1-6H3,(H,36,37)(H,38,41). The van der Waals surface area contributed by atoms with Crippen LogP contribution in [-0.4, -0.2) is 65.8 Å². The molecular formula is C34H44N6O4. The molecule has 2 aliphatic rings. The third kappa shape index (κ3) is 7.41. The van der Waals surface area contributed by atoms with Crippen molar-refractivity contribution >= 4 is 29.2 Å². The molecule has 234 valence electrons. The molecule has 1 aromatic carbocycles. The highest BCUT2D eigenvalue weighted by Crippen LogP contribution is 2.42. The van der Waals surface area contributed by atoms with Gasteiger partial charge in [-0.05, 0) is 81.0 Å². The average molecular weight is 601 g/mol. The predicted molar refractivity (Wildman–Crippen MR) is 173 cm³/mol. The number of aromatic nitrogens is 2. The van der Waals surface area contributed by atoms with Gasteiger partial charge in [0.15, 0.2) is 0 Å². The maximum Gasteiger partial charge on any atom is 0.410 e. The van der Waals surface area contributed by atoms with Gasteiger partial charge >= 0.3 is 6.09 Å². The summed E-state index contributed by atoms with van der Waals surface area (Å²) in [6.45, 7) is 13.9. The number of hydrogen-bond donors (Lipinski definition) is 2. The van der Waals surface area contributed by atoms with Crippen LogP contribution in [0, 0.1) is 5.92 Å². The average Bonchev–Trinajstić information content (AvgIpc) is 3.24. The molecule has 2 aliphatic heterocycles. The summed E-state index contributed by atoms with van der Waals surface area (Å²) in [5.74, 6) is 1.27. The maximum atomic E-state index is 13.5. The number of fused-ring (bicyclic) bond motifs is 1. The molecule has 0 aliphatic carbocycles. The number of carbonyl (C=O) groups is 2. The minimum atomic E-state index is -0.490. The highest BCUT2D eigenvalue weighted by molar-refractivity contribution is 6.07. The first-order chi connectivity index (χ1) is 20.9. The van der Waals surface area contributed by atoms with Gasteiger partial charge in [0, 0.05) is 68.0 Å². The summed E-state index contributed by atoms with van der Waals surface area (Å²) < 4.78 is 10.8. The van der Waals surface area contributed by atoms with Crippen molar-refractivity contribution in [3.05, 3.63) is 71.5 Å². The Morgan fingerprint density at radius 2 is 1.82 bits per heavy atom. The molecule has 1 fully saturated rings. The monoisotopic (exact) mass is 600 g/mol. The van der Waals surface area contributed by atoms with Crippen LogP contribution in [0.4, 0.5) is 22.0 Å². The van der Waals surface area contributed by atoms with E-state index in [2.05, 4.69) is 51.5 Å². The number of methoxy groups -OCH3 is 1. The van der Waals surface area contributed by atoms with Gasteiger partial charge in [-0.3, -0.25) is 4.79 Å². The first-order valence-electron chi connectivity index (χ1n) is 15.3. The zero-order valence-electron chi connectivity index (χ0n) is 26.6. The molecule has 0 radical (unpaired) electrons. The van der Waals surface area contributed by atoms with Crippen molar-refractivity contribution in [2.45, 2.75) is 65.0 Å². The van der Waals surface area contributed by atoms with Crippen LogP contribution in [0.3, 0.4) is 0 Å². The maximum absolute atomic E-state index is 13.5. The summed E-state index contributed by atoms with van der Waals surface area (Å²) in [7, 11) is 1.58. The number of piperidine rings is 1. The normalized spacial score (nSPS) is 16.3. The lowest BCUT2D eigenvalue weighted by atomic mass is 9.87. The van der Waals surface area contributed by atoms with E-state index < -0.39 is 5.60 Å². The van der Waals surface area contributed by atoms with E-state index >= 15 is 0 Å². The fourth-order valence-electron chi connectivity index (χ4n) is 5.98. The molecule has 2 N–H and O–H groups in total. The van der Waals surface area contributed by atoms with E-state index in [9.17, 15) is 9.59 Å². The molecule has 1 saturated heterocycles. The Balaban J connectivity index is 1.24. The summed E-state index contributed by atoms with van der Waals surface area (Å²) in [6, 6.07) is 13.5. The molecule has 0 saturated carbocycles. The van der Waals surface area contributed by atoms with Crippen molar-refractivity contribution in [2.75, 3.05) is 48.8 Å². The number of amides is 2. The second-order valence-electron chi connectivity index (χ2n) is 13.3. The second-order valence-corrected chi connectivity index (χ2v) is 13.3. The molecule has 3 aromatic rings. The molecule has 0 atom stereocenters. The van der Waals surface area contributed by atoms with Gasteiger partial charge in [-0.15, -0.1) is 0 Å². The van der Waals surface area contributed by atoms with Gasteiger partial charge in [-0.1, -0.05) is 19.9 Å². The van der Waals surface area contributed by atoms with Gasteiger partial charge in [0.1, 0.15) is 11.4 Å². The summed E-state index contributed by atoms with van der Waals surface area (Å²) in [4.78, 5) is 38.8. The molecule has 2 amide bonds. The minimum Gasteiger partial charge on any atom is -0.481 e. The van der Waals surface area contributed by atoms with E-state index in [-0.39, 0.29) is 17.4 Å². The first kappa shape index (κ1) is 31.1. The molecule has 0 unspecified atom stereocenters. The van der Waals surface area contributed by atoms with Crippen LogP contribution in [0.2, 0.25) is 0 Å². The number of benzene rings is 1. The molecule has 4 heterocycles. The number of nitrogens with zero attached hydrogens (tertiary/aromatic N) is 4. The number of nitrogens with one attached hydrogen (secondary N) is 2. The van der Waals surface area contributed by atoms with E-state index in [1.807, 2.05) is 43.9 Å². The number of anilines is 3. The van der Waals surface area contributed by atoms with Crippen LogP contribution in [0.25, 0.3) is 0 Å². The molecule has 0 spiro atoms. The summed E-state index contributed by atoms with van der Waals surface area (Å²) in [5, 5.41) is 6.38. The number of ether oxygens (including phenoxy) is 2. The van der Waals surface area contributed by atoms with E-state index in [1.54, 1.807) is 31.6 Å². The van der Waals surface area contributed by atoms with Gasteiger partial charge in [-0.25, -0.2) is 14.8 Å². The van der Waals surface area contributed by atoms with E-state index in [1.165, 1.54) is 5.56 Å². The zero-order chi connectivity index (χ0) is 31.5. The van der Waals surface area contributed by atoms with Crippen molar-refractivity contribution in [3.8, 4) is 5.88 Å². The van der Waals surface area contributed by atoms with Gasteiger partial charge in [0.2, 0.25) is 5.88 Å². The van der Waals surface area contributed by atoms with Gasteiger partial charge in [-0.2, -0.15) is 0 Å². The quantitative estimate of drug-likeness (QED) is 0.320. The van der Waals surface area contributed by atoms with Crippen LogP contribution in [-0.2, 0) is 16.7 Å². The highest BCUT2D eigenvalue weighted by Gasteiger charge is 2.37. The Morgan fingerprint density at radius 3 is 2.55 bits per heavy atom. The minimum absolute atomic E-state index is 0.00876. The third-order valence-corrected chi connectivity index (χ3v) is 8.18. The Morgan fingerprint density at radius 1 is 1.05 bits per heavy atom. The Bertz CT molecular complexity index is 1490. The smallest absolute Gasteiger partial charge is 0.410 e. The van der Waals surface area contributed by atoms with Gasteiger partial charge in [0.05, 0.1) is 12.7 Å². The highest BCUT2D eigenvalue weighted by atomic mass is 16.6. The number of carbonyl (C=O) groups excluding carboxylic acids is 2. The van der Waals surface area contributed by atoms with Crippen molar-refractivity contribution < 1.29 is 19.1 Å². The topological polar surface area (TPSA) is 109 Å². The lowest BCUT2D eigenvalue weighted by Gasteiger charge is -2.35. The summed E-state index contributed by atoms with van der Waals surface area (Å²) in [5.41, 5.74) is 4.09. The molecule has 10 heteroatoms. The molecule has 2 aromatic heterocycles. The van der Waals surface area contributed by atoms with E-state index in [0.717, 1.165) is 42.9 Å². The van der Waals surface area contributed by atoms with Gasteiger partial charge in [0.25, 0.3) is 5.91 Å². The fraction of sp³-hybridized carbons (Fsp3) is 0.471. The van der Waals surface area contributed by atoms with Crippen molar-refractivity contribution in [1.82, 2.24) is 14.9 Å². The second kappa shape index (κ2) is 12.7. The van der Waals surface area contributed by atoms with Crippen LogP contribution in [0.5, 0.6) is 5.88 Å². The van der Waals surface area contributed by atoms with Crippen molar-refractivity contribution in [3.63, 3.8) is 0 Å². The molecule has 44 heavy (non-hydrogen) atoms. The van der Waals surface area contributed by atoms with Crippen LogP contribution >= 0.6 is 0 Å². The van der Waals surface area contributed by atoms with Crippen LogP contribution < -0.4 is 20.3 Å². The van der Waals surface area contributed by atoms with Crippen molar-refractivity contribution in [2.24, 2.45) is 5.92 Å². The number of rotatable bonds is 8. The van der Waals surface area contributed by atoms with Crippen molar-refractivity contribution in [1.29, 1.82) is 0 Å². The lowest BCUT2D eigenvalue weighted by molar-refractivity contribution is 0.0186. The van der Waals surface area contributed by atoms with Crippen LogP contribution in [0.1, 0.15) is 68.9 Å². The number of hydrogen-bond acceptors (Lipinski definition) is 8. The zero-order valence-corrected chi connectivity index (χ0v) is 26.6. The summed E-state index contributed by atoms with van der Waals surface area (Å²) >= 11 is 0. The first-order valence-corrected chi connectivity index (χ1v) is 15.3. The number of likely N-dealkylation sites (tertiary alicyclic amines) is 1. The predicted octanol–water partition coefficient (Wildman–Crippen LogP) is 6.09. The Labute approximate surface area is 260 Å². The van der Waals surface area contributed by atoms with E-state index in [4.69, 9.17) is 9.47 Å². The molecule has 0 bridgehead atoms. The summed E-state index contributed by atoms with van der Waals surface area (Å²) in [6.07, 6.45) is 5.00.